The molecule has 1 N–H and O–H groups in total. The summed E-state index contributed by atoms with van der Waals surface area (Å²) in [4.78, 5) is 15.2. The molecule has 1 aliphatic carbocycles. The highest BCUT2D eigenvalue weighted by molar-refractivity contribution is 5.93. The lowest BCUT2D eigenvalue weighted by Crippen LogP contribution is -2.27. The van der Waals surface area contributed by atoms with Crippen LogP contribution in [0.4, 0.5) is 4.39 Å². The topological polar surface area (TPSA) is 42.0 Å². The van der Waals surface area contributed by atoms with Crippen molar-refractivity contribution < 1.29 is 9.18 Å². The second-order valence-electron chi connectivity index (χ2n) is 5.54. The number of hydrogen-bond donors (Lipinski definition) is 1. The minimum Gasteiger partial charge on any atom is -0.352 e. The van der Waals surface area contributed by atoms with Crippen LogP contribution in [-0.4, -0.2) is 17.4 Å². The number of nitrogens with zero attached hydrogens (tertiary/aromatic N) is 1. The Morgan fingerprint density at radius 3 is 2.84 bits per heavy atom. The fourth-order valence-corrected chi connectivity index (χ4v) is 2.65. The van der Waals surface area contributed by atoms with E-state index in [1.807, 2.05) is 0 Å². The van der Waals surface area contributed by atoms with Gasteiger partial charge in [0, 0.05) is 24.4 Å². The van der Waals surface area contributed by atoms with E-state index in [1.54, 1.807) is 0 Å². The average molecular weight is 264 g/mol. The van der Waals surface area contributed by atoms with E-state index in [0.29, 0.717) is 12.1 Å². The summed E-state index contributed by atoms with van der Waals surface area (Å²) in [6.07, 6.45) is 7.46. The van der Waals surface area contributed by atoms with Crippen molar-refractivity contribution in [2.24, 2.45) is 11.8 Å². The van der Waals surface area contributed by atoms with Crippen molar-refractivity contribution in [2.75, 3.05) is 6.54 Å². The highest BCUT2D eigenvalue weighted by Gasteiger charge is 2.18. The van der Waals surface area contributed by atoms with E-state index in [9.17, 15) is 9.18 Å². The molecule has 0 aliphatic heterocycles. The Morgan fingerprint density at radius 1 is 1.42 bits per heavy atom. The van der Waals surface area contributed by atoms with E-state index in [0.717, 1.165) is 24.3 Å². The summed E-state index contributed by atoms with van der Waals surface area (Å²) in [7, 11) is 0. The van der Waals surface area contributed by atoms with Crippen LogP contribution in [0.3, 0.4) is 0 Å². The Hall–Kier alpha value is -1.45. The van der Waals surface area contributed by atoms with Gasteiger partial charge in [0.25, 0.3) is 5.91 Å². The summed E-state index contributed by atoms with van der Waals surface area (Å²) in [5, 5.41) is 2.85. The molecule has 1 fully saturated rings. The van der Waals surface area contributed by atoms with Crippen LogP contribution in [0.25, 0.3) is 0 Å². The predicted octanol–water partition coefficient (Wildman–Crippen LogP) is 3.17. The van der Waals surface area contributed by atoms with Crippen LogP contribution < -0.4 is 5.32 Å². The van der Waals surface area contributed by atoms with Gasteiger partial charge in [-0.25, -0.2) is 4.98 Å². The quantitative estimate of drug-likeness (QED) is 0.849. The second-order valence-corrected chi connectivity index (χ2v) is 5.54. The van der Waals surface area contributed by atoms with Crippen molar-refractivity contribution in [3.8, 4) is 0 Å². The van der Waals surface area contributed by atoms with Crippen LogP contribution in [0, 0.1) is 17.8 Å². The number of amides is 1. The molecule has 1 amide bonds. The molecule has 1 aromatic heterocycles. The Bertz CT molecular complexity index is 428. The Balaban J connectivity index is 1.72. The van der Waals surface area contributed by atoms with Crippen LogP contribution in [0.1, 0.15) is 49.4 Å². The van der Waals surface area contributed by atoms with Crippen LogP contribution in [-0.2, 0) is 0 Å². The third-order valence-corrected chi connectivity index (χ3v) is 3.96. The van der Waals surface area contributed by atoms with Gasteiger partial charge in [-0.15, -0.1) is 0 Å². The number of nitrogens with one attached hydrogen (secondary N) is 1. The SMILES string of the molecule is CC1CCC(CCNC(=O)c2ccnc(F)c2)CC1. The van der Waals surface area contributed by atoms with Crippen molar-refractivity contribution in [2.45, 2.75) is 39.0 Å². The molecule has 1 aromatic rings. The van der Waals surface area contributed by atoms with Crippen molar-refractivity contribution in [1.29, 1.82) is 0 Å². The van der Waals surface area contributed by atoms with Crippen LogP contribution in [0.5, 0.6) is 0 Å². The maximum absolute atomic E-state index is 12.9. The lowest BCUT2D eigenvalue weighted by Gasteiger charge is -2.26. The standard InChI is InChI=1S/C15H21FN2O/c1-11-2-4-12(5-3-11)6-8-18-15(19)13-7-9-17-14(16)10-13/h7,9-12H,2-6,8H2,1H3,(H,18,19). The molecule has 19 heavy (non-hydrogen) atoms. The molecule has 104 valence electrons. The minimum atomic E-state index is -0.617. The van der Waals surface area contributed by atoms with Gasteiger partial charge >= 0.3 is 0 Å². The summed E-state index contributed by atoms with van der Waals surface area (Å²) >= 11 is 0. The summed E-state index contributed by atoms with van der Waals surface area (Å²) < 4.78 is 12.9. The molecular formula is C15H21FN2O. The third kappa shape index (κ3) is 4.30. The van der Waals surface area contributed by atoms with Crippen LogP contribution in [0.15, 0.2) is 18.3 Å². The molecule has 0 unspecified atom stereocenters. The molecule has 0 atom stereocenters. The zero-order valence-corrected chi connectivity index (χ0v) is 11.4. The van der Waals surface area contributed by atoms with Gasteiger partial charge in [-0.05, 0) is 24.3 Å². The number of carbonyl (C=O) groups is 1. The van der Waals surface area contributed by atoms with Crippen LogP contribution >= 0.6 is 0 Å². The molecule has 0 aromatic carbocycles. The Kier molecular flexibility index (Phi) is 4.88. The minimum absolute atomic E-state index is 0.217. The second kappa shape index (κ2) is 6.64. The normalized spacial score (nSPS) is 23.1. The van der Waals surface area contributed by atoms with Crippen molar-refractivity contribution in [3.63, 3.8) is 0 Å². The van der Waals surface area contributed by atoms with Crippen LogP contribution in [0.2, 0.25) is 0 Å². The summed E-state index contributed by atoms with van der Waals surface area (Å²) in [5.41, 5.74) is 0.338. The van der Waals surface area contributed by atoms with Crippen molar-refractivity contribution >= 4 is 5.91 Å². The zero-order chi connectivity index (χ0) is 13.7. The highest BCUT2D eigenvalue weighted by Crippen LogP contribution is 2.29. The fourth-order valence-electron chi connectivity index (χ4n) is 2.65. The first kappa shape index (κ1) is 14.0. The summed E-state index contributed by atoms with van der Waals surface area (Å²) in [6.45, 7) is 2.97. The summed E-state index contributed by atoms with van der Waals surface area (Å²) in [5.74, 6) is 0.746. The van der Waals surface area contributed by atoms with Crippen molar-refractivity contribution in [3.05, 3.63) is 29.8 Å². The van der Waals surface area contributed by atoms with Gasteiger partial charge in [-0.1, -0.05) is 32.6 Å². The molecule has 4 heteroatoms. The van der Waals surface area contributed by atoms with Crippen molar-refractivity contribution in [1.82, 2.24) is 10.3 Å². The smallest absolute Gasteiger partial charge is 0.251 e. The molecule has 1 heterocycles. The first-order valence-electron chi connectivity index (χ1n) is 7.05. The first-order valence-corrected chi connectivity index (χ1v) is 7.05. The van der Waals surface area contributed by atoms with Gasteiger partial charge in [0.2, 0.25) is 5.95 Å². The number of pyridine rings is 1. The van der Waals surface area contributed by atoms with E-state index in [2.05, 4.69) is 17.2 Å². The number of rotatable bonds is 4. The molecule has 0 saturated heterocycles. The molecule has 0 radical (unpaired) electrons. The predicted molar refractivity (Wildman–Crippen MR) is 72.3 cm³/mol. The summed E-state index contributed by atoms with van der Waals surface area (Å²) in [6, 6.07) is 2.69. The van der Waals surface area contributed by atoms with Gasteiger partial charge in [0.15, 0.2) is 0 Å². The molecular weight excluding hydrogens is 243 g/mol. The maximum Gasteiger partial charge on any atom is 0.251 e. The maximum atomic E-state index is 12.9. The van der Waals surface area contributed by atoms with E-state index in [1.165, 1.54) is 37.9 Å². The van der Waals surface area contributed by atoms with Gasteiger partial charge in [0.05, 0.1) is 0 Å². The highest BCUT2D eigenvalue weighted by atomic mass is 19.1. The average Bonchev–Trinajstić information content (AvgIpc) is 2.41. The van der Waals surface area contributed by atoms with E-state index in [4.69, 9.17) is 0 Å². The fraction of sp³-hybridized carbons (Fsp3) is 0.600. The largest absolute Gasteiger partial charge is 0.352 e. The Labute approximate surface area is 113 Å². The molecule has 1 saturated carbocycles. The molecule has 2 rings (SSSR count). The third-order valence-electron chi connectivity index (χ3n) is 3.96. The molecule has 0 spiro atoms. The number of carbonyl (C=O) groups excluding carboxylic acids is 1. The molecule has 0 bridgehead atoms. The zero-order valence-electron chi connectivity index (χ0n) is 11.4. The monoisotopic (exact) mass is 264 g/mol. The van der Waals surface area contributed by atoms with Gasteiger partial charge < -0.3 is 5.32 Å². The van der Waals surface area contributed by atoms with Gasteiger partial charge in [-0.3, -0.25) is 4.79 Å². The van der Waals surface area contributed by atoms with E-state index in [-0.39, 0.29) is 5.91 Å². The van der Waals surface area contributed by atoms with E-state index < -0.39 is 5.95 Å². The number of halogens is 1. The van der Waals surface area contributed by atoms with E-state index >= 15 is 0 Å². The molecule has 3 nitrogen and oxygen atoms in total. The number of aromatic nitrogens is 1. The van der Waals surface area contributed by atoms with Gasteiger partial charge in [-0.2, -0.15) is 4.39 Å². The molecule has 1 aliphatic rings. The van der Waals surface area contributed by atoms with Gasteiger partial charge in [0.1, 0.15) is 0 Å². The Morgan fingerprint density at radius 2 is 2.16 bits per heavy atom. The lowest BCUT2D eigenvalue weighted by atomic mass is 9.81. The lowest BCUT2D eigenvalue weighted by molar-refractivity contribution is 0.0949. The number of hydrogen-bond acceptors (Lipinski definition) is 2. The first-order chi connectivity index (χ1) is 9.15.